The molecule has 4 unspecified atom stereocenters. The van der Waals surface area contributed by atoms with Crippen molar-refractivity contribution in [3.05, 3.63) is 12.7 Å². The van der Waals surface area contributed by atoms with Gasteiger partial charge in [-0.2, -0.15) is 19.9 Å². The Bertz CT molecular complexity index is 1500. The monoisotopic (exact) mass is 574 g/mol. The zero-order chi connectivity index (χ0) is 28.2. The maximum atomic E-state index is 12.4. The van der Waals surface area contributed by atoms with E-state index in [0.29, 0.717) is 35.4 Å². The van der Waals surface area contributed by atoms with E-state index in [4.69, 9.17) is 41.5 Å². The summed E-state index contributed by atoms with van der Waals surface area (Å²) in [5, 5.41) is 0. The fraction of sp³-hybridized carbons (Fsp3) is 0.545. The number of aromatic nitrogens is 8. The molecule has 4 heterocycles. The number of hydrogen-bond acceptors (Lipinski definition) is 15. The molecule has 4 atom stereocenters. The standard InChI is InChI=1S/C22H31N12O5P/c1-11-3-21(11,5-33-7-27-13-15(23)29-19(25)31-17(13)33)36-9-38-40(35)39-10-37-22(4-12(22)2)6-34-8-28-14-16(24)30-20(26)32-18(14)34/h7-8,11-12,40H,3-6,9-10H2,1-2H3,(H4,23,25,29,31)(H4,24,26,30,32). The highest BCUT2D eigenvalue weighted by Gasteiger charge is 2.54. The highest BCUT2D eigenvalue weighted by molar-refractivity contribution is 7.33. The molecule has 2 saturated carbocycles. The molecule has 0 saturated heterocycles. The highest BCUT2D eigenvalue weighted by Crippen LogP contribution is 2.50. The van der Waals surface area contributed by atoms with Crippen LogP contribution in [-0.2, 0) is 36.2 Å². The Labute approximate surface area is 228 Å². The molecule has 4 aromatic heterocycles. The molecule has 6 rings (SSSR count). The van der Waals surface area contributed by atoms with Gasteiger partial charge in [0.05, 0.1) is 36.9 Å². The second-order valence-corrected chi connectivity index (χ2v) is 11.5. The summed E-state index contributed by atoms with van der Waals surface area (Å²) in [5.74, 6) is 1.04. The minimum absolute atomic E-state index is 0.0657. The van der Waals surface area contributed by atoms with Gasteiger partial charge in [-0.25, -0.2) is 9.97 Å². The van der Waals surface area contributed by atoms with Gasteiger partial charge in [-0.15, -0.1) is 0 Å². The van der Waals surface area contributed by atoms with Gasteiger partial charge < -0.3 is 41.5 Å². The number of nitrogen functional groups attached to an aromatic ring is 4. The number of nitrogens with two attached hydrogens (primary N) is 4. The van der Waals surface area contributed by atoms with E-state index in [1.807, 2.05) is 9.13 Å². The Kier molecular flexibility index (Phi) is 6.50. The van der Waals surface area contributed by atoms with Gasteiger partial charge in [0.2, 0.25) is 11.9 Å². The molecule has 0 aromatic carbocycles. The third-order valence-corrected chi connectivity index (χ3v) is 8.43. The Morgan fingerprint density at radius 2 is 1.20 bits per heavy atom. The zero-order valence-electron chi connectivity index (χ0n) is 22.0. The highest BCUT2D eigenvalue weighted by atomic mass is 31.1. The van der Waals surface area contributed by atoms with Gasteiger partial charge >= 0.3 is 8.25 Å². The van der Waals surface area contributed by atoms with Crippen molar-refractivity contribution in [1.82, 2.24) is 39.0 Å². The molecule has 0 aliphatic heterocycles. The predicted octanol–water partition coefficient (Wildman–Crippen LogP) is 0.923. The van der Waals surface area contributed by atoms with E-state index in [2.05, 4.69) is 43.8 Å². The second kappa shape index (κ2) is 9.78. The van der Waals surface area contributed by atoms with Crippen LogP contribution >= 0.6 is 8.25 Å². The van der Waals surface area contributed by atoms with E-state index in [1.54, 1.807) is 12.7 Å². The van der Waals surface area contributed by atoms with Crippen LogP contribution in [0.25, 0.3) is 22.3 Å². The molecule has 8 N–H and O–H groups in total. The molecule has 40 heavy (non-hydrogen) atoms. The van der Waals surface area contributed by atoms with E-state index >= 15 is 0 Å². The van der Waals surface area contributed by atoms with Gasteiger partial charge in [0.1, 0.15) is 11.0 Å². The van der Waals surface area contributed by atoms with E-state index in [1.165, 1.54) is 0 Å². The van der Waals surface area contributed by atoms with Crippen molar-refractivity contribution in [2.45, 2.75) is 51.0 Å². The van der Waals surface area contributed by atoms with Crippen molar-refractivity contribution < 1.29 is 23.1 Å². The molecule has 2 fully saturated rings. The summed E-state index contributed by atoms with van der Waals surface area (Å²) in [6.07, 6.45) is 4.80. The molecule has 18 heteroatoms. The minimum Gasteiger partial charge on any atom is -0.382 e. The fourth-order valence-corrected chi connectivity index (χ4v) is 5.45. The molecule has 214 valence electrons. The largest absolute Gasteiger partial charge is 0.382 e. The first-order valence-electron chi connectivity index (χ1n) is 12.6. The van der Waals surface area contributed by atoms with Crippen LogP contribution in [0.5, 0.6) is 0 Å². The molecule has 0 amide bonds. The topological polar surface area (TPSA) is 245 Å². The molecule has 0 bridgehead atoms. The molecule has 2 aliphatic rings. The van der Waals surface area contributed by atoms with Crippen molar-refractivity contribution in [2.75, 3.05) is 36.5 Å². The van der Waals surface area contributed by atoms with Gasteiger partial charge in [-0.1, -0.05) is 13.8 Å². The smallest absolute Gasteiger partial charge is 0.323 e. The van der Waals surface area contributed by atoms with Gasteiger partial charge in [-0.3, -0.25) is 13.6 Å². The Balaban J connectivity index is 0.997. The average molecular weight is 575 g/mol. The van der Waals surface area contributed by atoms with Crippen LogP contribution in [0.1, 0.15) is 26.7 Å². The first-order chi connectivity index (χ1) is 19.1. The zero-order valence-corrected chi connectivity index (χ0v) is 23.0. The summed E-state index contributed by atoms with van der Waals surface area (Å²) in [4.78, 5) is 24.9. The number of rotatable bonds is 12. The molecule has 4 aromatic rings. The van der Waals surface area contributed by atoms with Gasteiger partial charge in [0.25, 0.3) is 0 Å². The van der Waals surface area contributed by atoms with E-state index in [0.717, 1.165) is 12.8 Å². The lowest BCUT2D eigenvalue weighted by molar-refractivity contribution is -0.0870. The Morgan fingerprint density at radius 3 is 1.57 bits per heavy atom. The van der Waals surface area contributed by atoms with Crippen LogP contribution in [0.2, 0.25) is 0 Å². The first kappa shape index (κ1) is 26.6. The third-order valence-electron chi connectivity index (χ3n) is 7.72. The van der Waals surface area contributed by atoms with Gasteiger partial charge in [-0.05, 0) is 24.7 Å². The van der Waals surface area contributed by atoms with Crippen LogP contribution in [0.4, 0.5) is 23.5 Å². The Hall–Kier alpha value is -3.63. The molecule has 0 radical (unpaired) electrons. The number of nitrogens with zero attached hydrogens (tertiary/aromatic N) is 8. The molecule has 0 spiro atoms. The van der Waals surface area contributed by atoms with Crippen molar-refractivity contribution >= 4 is 54.1 Å². The van der Waals surface area contributed by atoms with Crippen LogP contribution in [0.3, 0.4) is 0 Å². The number of anilines is 4. The quantitative estimate of drug-likeness (QED) is 0.136. The van der Waals surface area contributed by atoms with E-state index in [9.17, 15) is 4.57 Å². The molecule has 2 aliphatic carbocycles. The number of ether oxygens (including phenoxy) is 2. The lowest BCUT2D eigenvalue weighted by Gasteiger charge is -2.20. The summed E-state index contributed by atoms with van der Waals surface area (Å²) in [7, 11) is -2.87. The minimum atomic E-state index is -2.87. The third kappa shape index (κ3) is 4.90. The normalized spacial score (nSPS) is 26.4. The molecular formula is C22H31N12O5P. The summed E-state index contributed by atoms with van der Waals surface area (Å²) in [6.45, 7) is 4.58. The summed E-state index contributed by atoms with van der Waals surface area (Å²) < 4.78 is 38.7. The lowest BCUT2D eigenvalue weighted by Crippen LogP contribution is -2.25. The predicted molar refractivity (Wildman–Crippen MR) is 144 cm³/mol. The van der Waals surface area contributed by atoms with Crippen molar-refractivity contribution in [2.24, 2.45) is 11.8 Å². The summed E-state index contributed by atoms with van der Waals surface area (Å²) in [5.41, 5.74) is 24.2. The van der Waals surface area contributed by atoms with Crippen molar-refractivity contribution in [3.63, 3.8) is 0 Å². The number of fused-ring (bicyclic) bond motifs is 2. The van der Waals surface area contributed by atoms with Crippen LogP contribution in [-0.4, -0.2) is 63.8 Å². The van der Waals surface area contributed by atoms with Crippen LogP contribution in [0.15, 0.2) is 12.7 Å². The fourth-order valence-electron chi connectivity index (χ4n) is 5.06. The molecule has 17 nitrogen and oxygen atoms in total. The summed E-state index contributed by atoms with van der Waals surface area (Å²) in [6, 6.07) is 0. The second-order valence-electron chi connectivity index (χ2n) is 10.4. The van der Waals surface area contributed by atoms with E-state index in [-0.39, 0.29) is 49.0 Å². The van der Waals surface area contributed by atoms with Gasteiger partial charge in [0, 0.05) is 0 Å². The number of imidazole rings is 2. The van der Waals surface area contributed by atoms with Crippen LogP contribution in [0, 0.1) is 11.8 Å². The Morgan fingerprint density at radius 1 is 0.800 bits per heavy atom. The SMILES string of the molecule is CC1CC1(Cn1cnc2c(N)nc(N)nc21)OCO[PH](=O)OCOC1(Cn2cnc3c(N)nc(N)nc32)CC1C. The van der Waals surface area contributed by atoms with E-state index < -0.39 is 19.5 Å². The maximum absolute atomic E-state index is 12.4. The maximum Gasteiger partial charge on any atom is 0.323 e. The first-order valence-corrected chi connectivity index (χ1v) is 13.9. The van der Waals surface area contributed by atoms with Gasteiger partial charge in [0.15, 0.2) is 36.5 Å². The van der Waals surface area contributed by atoms with Crippen molar-refractivity contribution in [1.29, 1.82) is 0 Å². The van der Waals surface area contributed by atoms with Crippen LogP contribution < -0.4 is 22.9 Å². The number of hydrogen-bond donors (Lipinski definition) is 4. The lowest BCUT2D eigenvalue weighted by atomic mass is 10.2. The van der Waals surface area contributed by atoms with Crippen molar-refractivity contribution in [3.8, 4) is 0 Å². The average Bonchev–Trinajstić information content (AvgIpc) is 3.53. The summed E-state index contributed by atoms with van der Waals surface area (Å²) >= 11 is 0. The molecular weight excluding hydrogens is 543 g/mol.